The number of sulfonamides is 1. The molecule has 1 aromatic carbocycles. The molecule has 0 fully saturated rings. The Labute approximate surface area is 144 Å². The zero-order chi connectivity index (χ0) is 18.5. The second-order valence-corrected chi connectivity index (χ2v) is 6.74. The lowest BCUT2D eigenvalue weighted by Crippen LogP contribution is -2.46. The fourth-order valence-electron chi connectivity index (χ4n) is 2.46. The van der Waals surface area contributed by atoms with Crippen LogP contribution in [-0.2, 0) is 24.3 Å². The van der Waals surface area contributed by atoms with E-state index in [0.717, 1.165) is 17.7 Å². The number of nitrogens with zero attached hydrogens (tertiary/aromatic N) is 2. The SMILES string of the molecule is COc1cccc(C2=CC(OC)C(N=C=O)(S(=O)(=O)N=C=O)C=C2)c1. The van der Waals surface area contributed by atoms with E-state index in [1.54, 1.807) is 24.3 Å². The number of benzene rings is 1. The molecule has 1 aliphatic rings. The van der Waals surface area contributed by atoms with Gasteiger partial charge in [-0.2, -0.15) is 4.99 Å². The number of rotatable bonds is 6. The molecule has 0 aromatic heterocycles. The van der Waals surface area contributed by atoms with Crippen LogP contribution in [0.25, 0.3) is 5.57 Å². The summed E-state index contributed by atoms with van der Waals surface area (Å²) < 4.78 is 37.8. The van der Waals surface area contributed by atoms with Crippen LogP contribution in [-0.4, -0.2) is 45.8 Å². The highest BCUT2D eigenvalue weighted by molar-refractivity contribution is 7.91. The third kappa shape index (κ3) is 3.35. The maximum Gasteiger partial charge on any atom is 0.297 e. The molecule has 9 heteroatoms. The molecule has 1 aliphatic carbocycles. The molecule has 0 heterocycles. The summed E-state index contributed by atoms with van der Waals surface area (Å²) in [6, 6.07) is 7.06. The zero-order valence-corrected chi connectivity index (χ0v) is 14.2. The van der Waals surface area contributed by atoms with Gasteiger partial charge in [-0.15, -0.1) is 0 Å². The predicted octanol–water partition coefficient (Wildman–Crippen LogP) is 1.36. The van der Waals surface area contributed by atoms with Gasteiger partial charge in [0.1, 0.15) is 11.9 Å². The maximum absolute atomic E-state index is 12.3. The number of methoxy groups -OCH3 is 2. The van der Waals surface area contributed by atoms with Gasteiger partial charge in [0.05, 0.1) is 7.11 Å². The average molecular weight is 362 g/mol. The highest BCUT2D eigenvalue weighted by Crippen LogP contribution is 2.36. The van der Waals surface area contributed by atoms with Crippen molar-refractivity contribution in [2.45, 2.75) is 11.0 Å². The first-order chi connectivity index (χ1) is 11.9. The number of hydrogen-bond acceptors (Lipinski definition) is 7. The molecular formula is C16H14N2O6S. The largest absolute Gasteiger partial charge is 0.497 e. The van der Waals surface area contributed by atoms with Gasteiger partial charge in [-0.05, 0) is 35.4 Å². The molecule has 25 heavy (non-hydrogen) atoms. The Bertz CT molecular complexity index is 924. The summed E-state index contributed by atoms with van der Waals surface area (Å²) in [6.07, 6.45) is 5.01. The van der Waals surface area contributed by atoms with Crippen LogP contribution in [0.4, 0.5) is 0 Å². The lowest BCUT2D eigenvalue weighted by atomic mass is 9.94. The summed E-state index contributed by atoms with van der Waals surface area (Å²) in [4.78, 5) is 22.4. The van der Waals surface area contributed by atoms with Crippen molar-refractivity contribution < 1.29 is 27.5 Å². The lowest BCUT2D eigenvalue weighted by molar-refractivity contribution is 0.118. The molecule has 0 spiro atoms. The highest BCUT2D eigenvalue weighted by atomic mass is 32.2. The van der Waals surface area contributed by atoms with Crippen molar-refractivity contribution in [2.75, 3.05) is 14.2 Å². The second-order valence-electron chi connectivity index (χ2n) is 4.96. The first-order valence-corrected chi connectivity index (χ1v) is 8.39. The smallest absolute Gasteiger partial charge is 0.297 e. The third-order valence-electron chi connectivity index (χ3n) is 3.69. The molecule has 130 valence electrons. The van der Waals surface area contributed by atoms with Gasteiger partial charge in [0.15, 0.2) is 0 Å². The van der Waals surface area contributed by atoms with Crippen LogP contribution in [0, 0.1) is 0 Å². The van der Waals surface area contributed by atoms with Crippen LogP contribution >= 0.6 is 0 Å². The Morgan fingerprint density at radius 3 is 2.56 bits per heavy atom. The van der Waals surface area contributed by atoms with Gasteiger partial charge >= 0.3 is 0 Å². The number of hydrogen-bond donors (Lipinski definition) is 0. The van der Waals surface area contributed by atoms with E-state index in [1.165, 1.54) is 32.5 Å². The van der Waals surface area contributed by atoms with E-state index in [1.807, 2.05) is 0 Å². The summed E-state index contributed by atoms with van der Waals surface area (Å²) in [5.74, 6) is 0.613. The predicted molar refractivity (Wildman–Crippen MR) is 88.8 cm³/mol. The number of isocyanates is 2. The summed E-state index contributed by atoms with van der Waals surface area (Å²) in [6.45, 7) is 0. The number of ether oxygens (including phenoxy) is 2. The molecule has 2 atom stereocenters. The molecule has 2 unspecified atom stereocenters. The highest BCUT2D eigenvalue weighted by Gasteiger charge is 2.51. The minimum atomic E-state index is -4.55. The molecule has 0 amide bonds. The van der Waals surface area contributed by atoms with E-state index < -0.39 is 21.0 Å². The van der Waals surface area contributed by atoms with Crippen LogP contribution in [0.5, 0.6) is 5.75 Å². The summed E-state index contributed by atoms with van der Waals surface area (Å²) in [5, 5.41) is 0. The standard InChI is InChI=1S/C16H14N2O6S/c1-23-14-5-3-4-12(8-14)13-6-7-16(17-10-19,15(9-13)24-2)25(21,22)18-11-20/h3-9,15H,1-2H3. The summed E-state index contributed by atoms with van der Waals surface area (Å²) >= 11 is 0. The van der Waals surface area contributed by atoms with E-state index in [9.17, 15) is 18.0 Å². The Hall–Kier alpha value is -2.83. The molecular weight excluding hydrogens is 348 g/mol. The minimum absolute atomic E-state index is 0.613. The Balaban J connectivity index is 2.60. The number of aliphatic imine (C=N–C) groups is 1. The van der Waals surface area contributed by atoms with Gasteiger partial charge in [0.25, 0.3) is 16.1 Å². The normalized spacial score (nSPS) is 22.3. The van der Waals surface area contributed by atoms with E-state index in [0.29, 0.717) is 11.3 Å². The van der Waals surface area contributed by atoms with Crippen LogP contribution in [0.1, 0.15) is 5.56 Å². The first kappa shape index (κ1) is 18.5. The quantitative estimate of drug-likeness (QED) is 0.558. The zero-order valence-electron chi connectivity index (χ0n) is 13.4. The molecule has 0 radical (unpaired) electrons. The minimum Gasteiger partial charge on any atom is -0.497 e. The Morgan fingerprint density at radius 2 is 1.96 bits per heavy atom. The molecule has 0 saturated heterocycles. The van der Waals surface area contributed by atoms with Crippen LogP contribution in [0.15, 0.2) is 51.9 Å². The molecule has 2 rings (SSSR count). The van der Waals surface area contributed by atoms with Gasteiger partial charge in [0, 0.05) is 7.11 Å². The van der Waals surface area contributed by atoms with Gasteiger partial charge in [0.2, 0.25) is 11.0 Å². The van der Waals surface area contributed by atoms with Crippen molar-refractivity contribution in [1.29, 1.82) is 0 Å². The molecule has 0 saturated carbocycles. The lowest BCUT2D eigenvalue weighted by Gasteiger charge is -2.31. The van der Waals surface area contributed by atoms with Gasteiger partial charge < -0.3 is 9.47 Å². The van der Waals surface area contributed by atoms with Gasteiger partial charge in [-0.25, -0.2) is 18.0 Å². The maximum atomic E-state index is 12.3. The molecule has 1 aromatic rings. The van der Waals surface area contributed by atoms with Crippen molar-refractivity contribution in [2.24, 2.45) is 9.39 Å². The fraction of sp³-hybridized carbons (Fsp3) is 0.250. The monoisotopic (exact) mass is 362 g/mol. The van der Waals surface area contributed by atoms with Crippen molar-refractivity contribution in [3.63, 3.8) is 0 Å². The summed E-state index contributed by atoms with van der Waals surface area (Å²) in [5.41, 5.74) is 1.35. The number of allylic oxidation sites excluding steroid dienone is 2. The second kappa shape index (κ2) is 7.38. The number of carbonyl (C=O) groups excluding carboxylic acids is 2. The average Bonchev–Trinajstić information content (AvgIpc) is 2.62. The van der Waals surface area contributed by atoms with Crippen LogP contribution in [0.3, 0.4) is 0 Å². The van der Waals surface area contributed by atoms with Crippen molar-refractivity contribution >= 4 is 27.8 Å². The summed E-state index contributed by atoms with van der Waals surface area (Å²) in [7, 11) is -1.77. The molecule has 8 nitrogen and oxygen atoms in total. The Morgan fingerprint density at radius 1 is 1.20 bits per heavy atom. The van der Waals surface area contributed by atoms with Crippen molar-refractivity contribution in [1.82, 2.24) is 0 Å². The van der Waals surface area contributed by atoms with Crippen molar-refractivity contribution in [3.05, 3.63) is 48.1 Å². The first-order valence-electron chi connectivity index (χ1n) is 6.95. The van der Waals surface area contributed by atoms with E-state index in [4.69, 9.17) is 9.47 Å². The van der Waals surface area contributed by atoms with E-state index in [-0.39, 0.29) is 0 Å². The van der Waals surface area contributed by atoms with E-state index >= 15 is 0 Å². The molecule has 0 N–H and O–H groups in total. The van der Waals surface area contributed by atoms with Gasteiger partial charge in [-0.3, -0.25) is 0 Å². The van der Waals surface area contributed by atoms with E-state index in [2.05, 4.69) is 9.39 Å². The topological polar surface area (TPSA) is 111 Å². The van der Waals surface area contributed by atoms with Crippen LogP contribution < -0.4 is 4.74 Å². The third-order valence-corrected chi connectivity index (χ3v) is 5.29. The molecule has 0 bridgehead atoms. The van der Waals surface area contributed by atoms with Crippen LogP contribution in [0.2, 0.25) is 0 Å². The van der Waals surface area contributed by atoms with Crippen molar-refractivity contribution in [3.8, 4) is 5.75 Å². The van der Waals surface area contributed by atoms with Gasteiger partial charge in [-0.1, -0.05) is 22.6 Å². The Kier molecular flexibility index (Phi) is 5.46. The molecule has 0 aliphatic heterocycles. The fourth-order valence-corrected chi connectivity index (χ4v) is 3.55.